The smallest absolute Gasteiger partial charge is 0.128 e. The lowest BCUT2D eigenvalue weighted by atomic mass is 9.95. The highest BCUT2D eigenvalue weighted by Crippen LogP contribution is 2.32. The first-order valence-electron chi connectivity index (χ1n) is 7.13. The van der Waals surface area contributed by atoms with Crippen LogP contribution >= 0.6 is 0 Å². The van der Waals surface area contributed by atoms with Crippen molar-refractivity contribution in [2.75, 3.05) is 26.2 Å². The zero-order valence-corrected chi connectivity index (χ0v) is 11.7. The van der Waals surface area contributed by atoms with Gasteiger partial charge in [0.25, 0.3) is 0 Å². The van der Waals surface area contributed by atoms with Crippen molar-refractivity contribution in [2.24, 2.45) is 0 Å². The van der Waals surface area contributed by atoms with E-state index in [-0.39, 0.29) is 11.6 Å². The molecule has 0 unspecified atom stereocenters. The molecule has 0 atom stereocenters. The Balaban J connectivity index is 2.07. The van der Waals surface area contributed by atoms with Gasteiger partial charge < -0.3 is 0 Å². The van der Waals surface area contributed by atoms with E-state index in [4.69, 9.17) is 0 Å². The fourth-order valence-electron chi connectivity index (χ4n) is 2.83. The maximum absolute atomic E-state index is 14.2. The van der Waals surface area contributed by atoms with Crippen LogP contribution in [0.2, 0.25) is 0 Å². The number of hydrogen-bond acceptors (Lipinski definition) is 1. The van der Waals surface area contributed by atoms with Gasteiger partial charge in [-0.3, -0.25) is 4.90 Å². The number of benzene rings is 2. The largest absolute Gasteiger partial charge is 0.290 e. The summed E-state index contributed by atoms with van der Waals surface area (Å²) in [5, 5.41) is 4.31. The minimum Gasteiger partial charge on any atom is -0.290 e. The molecule has 0 bridgehead atoms. The fraction of sp³-hybridized carbons (Fsp3) is 0.294. The summed E-state index contributed by atoms with van der Waals surface area (Å²) in [5.74, 6) is -0.596. The van der Waals surface area contributed by atoms with Crippen LogP contribution in [0.5, 0.6) is 0 Å². The Morgan fingerprint density at radius 2 is 1.29 bits per heavy atom. The van der Waals surface area contributed by atoms with Crippen molar-refractivity contribution in [1.82, 2.24) is 10.2 Å². The summed E-state index contributed by atoms with van der Waals surface area (Å²) in [6.07, 6.45) is 0. The Kier molecular flexibility index (Phi) is 4.27. The number of nitrogens with zero attached hydrogens (tertiary/aromatic N) is 2. The van der Waals surface area contributed by atoms with Crippen LogP contribution in [0.4, 0.5) is 8.78 Å². The van der Waals surface area contributed by atoms with Crippen molar-refractivity contribution >= 4 is 0 Å². The number of halogens is 2. The van der Waals surface area contributed by atoms with Gasteiger partial charge in [-0.2, -0.15) is 0 Å². The number of piperazine rings is 1. The van der Waals surface area contributed by atoms with Crippen molar-refractivity contribution < 1.29 is 8.78 Å². The second-order valence-electron chi connectivity index (χ2n) is 5.15. The summed E-state index contributed by atoms with van der Waals surface area (Å²) < 4.78 is 28.5. The van der Waals surface area contributed by atoms with Gasteiger partial charge in [0.15, 0.2) is 0 Å². The summed E-state index contributed by atoms with van der Waals surface area (Å²) in [5.41, 5.74) is 1.04. The third-order valence-corrected chi connectivity index (χ3v) is 3.86. The third kappa shape index (κ3) is 2.96. The molecule has 1 saturated heterocycles. The first kappa shape index (κ1) is 14.2. The van der Waals surface area contributed by atoms with Crippen LogP contribution in [0.1, 0.15) is 17.2 Å². The van der Waals surface area contributed by atoms with Gasteiger partial charge in [-0.25, -0.2) is 14.1 Å². The summed E-state index contributed by atoms with van der Waals surface area (Å²) in [6, 6.07) is 12.8. The van der Waals surface area contributed by atoms with Gasteiger partial charge in [0.2, 0.25) is 0 Å². The Morgan fingerprint density at radius 1 is 0.810 bits per heavy atom. The van der Waals surface area contributed by atoms with Gasteiger partial charge in [-0.1, -0.05) is 36.4 Å². The van der Waals surface area contributed by atoms with E-state index in [0.717, 1.165) is 0 Å². The van der Waals surface area contributed by atoms with Crippen molar-refractivity contribution in [3.8, 4) is 0 Å². The van der Waals surface area contributed by atoms with Crippen LogP contribution < -0.4 is 5.32 Å². The highest BCUT2D eigenvalue weighted by molar-refractivity contribution is 5.34. The van der Waals surface area contributed by atoms with E-state index in [1.165, 1.54) is 12.1 Å². The van der Waals surface area contributed by atoms with E-state index >= 15 is 0 Å². The van der Waals surface area contributed by atoms with Gasteiger partial charge >= 0.3 is 0 Å². The quantitative estimate of drug-likeness (QED) is 0.848. The van der Waals surface area contributed by atoms with Crippen LogP contribution in [0.3, 0.4) is 0 Å². The van der Waals surface area contributed by atoms with Crippen molar-refractivity contribution in [3.05, 3.63) is 71.3 Å². The lowest BCUT2D eigenvalue weighted by molar-refractivity contribution is 0.190. The molecule has 0 amide bonds. The molecule has 1 radical (unpaired) electrons. The molecule has 0 aromatic heterocycles. The summed E-state index contributed by atoms with van der Waals surface area (Å²) >= 11 is 0. The van der Waals surface area contributed by atoms with Crippen molar-refractivity contribution in [1.29, 1.82) is 0 Å². The van der Waals surface area contributed by atoms with Gasteiger partial charge in [-0.05, 0) is 12.1 Å². The second-order valence-corrected chi connectivity index (χ2v) is 5.15. The van der Waals surface area contributed by atoms with Gasteiger partial charge in [0.1, 0.15) is 11.6 Å². The topological polar surface area (TPSA) is 17.3 Å². The maximum atomic E-state index is 14.2. The van der Waals surface area contributed by atoms with Crippen LogP contribution in [-0.2, 0) is 0 Å². The zero-order valence-electron chi connectivity index (χ0n) is 11.7. The van der Waals surface area contributed by atoms with Crippen molar-refractivity contribution in [3.63, 3.8) is 0 Å². The lowest BCUT2D eigenvalue weighted by Gasteiger charge is -2.35. The molecule has 1 heterocycles. The van der Waals surface area contributed by atoms with E-state index in [0.29, 0.717) is 37.3 Å². The van der Waals surface area contributed by atoms with Crippen LogP contribution in [0, 0.1) is 11.6 Å². The number of rotatable bonds is 3. The molecule has 0 spiro atoms. The molecule has 0 aliphatic carbocycles. The monoisotopic (exact) mass is 287 g/mol. The summed E-state index contributed by atoms with van der Waals surface area (Å²) in [7, 11) is 0. The lowest BCUT2D eigenvalue weighted by Crippen LogP contribution is -2.43. The molecule has 3 rings (SSSR count). The van der Waals surface area contributed by atoms with E-state index in [1.54, 1.807) is 36.4 Å². The third-order valence-electron chi connectivity index (χ3n) is 3.86. The molecule has 1 aliphatic heterocycles. The second kappa shape index (κ2) is 6.33. The fourth-order valence-corrected chi connectivity index (χ4v) is 2.83. The molecule has 1 fully saturated rings. The highest BCUT2D eigenvalue weighted by Gasteiger charge is 2.28. The minimum atomic E-state index is -0.400. The van der Waals surface area contributed by atoms with Gasteiger partial charge in [-0.15, -0.1) is 0 Å². The number of hydrogen-bond donors (Lipinski definition) is 0. The maximum Gasteiger partial charge on any atom is 0.128 e. The SMILES string of the molecule is Fc1ccccc1C(c1ccccc1F)N1CC[N]CC1. The van der Waals surface area contributed by atoms with Crippen molar-refractivity contribution in [2.45, 2.75) is 6.04 Å². The van der Waals surface area contributed by atoms with E-state index in [1.807, 2.05) is 0 Å². The molecule has 2 nitrogen and oxygen atoms in total. The molecule has 2 aromatic rings. The Hall–Kier alpha value is -1.78. The predicted octanol–water partition coefficient (Wildman–Crippen LogP) is 2.97. The molecular weight excluding hydrogens is 270 g/mol. The molecule has 0 saturated carbocycles. The summed E-state index contributed by atoms with van der Waals surface area (Å²) in [6.45, 7) is 2.85. The molecule has 1 aliphatic rings. The average molecular weight is 287 g/mol. The minimum absolute atomic E-state index is 0.298. The van der Waals surface area contributed by atoms with Crippen LogP contribution in [-0.4, -0.2) is 31.1 Å². The normalized spacial score (nSPS) is 16.3. The van der Waals surface area contributed by atoms with E-state index in [2.05, 4.69) is 10.2 Å². The molecule has 21 heavy (non-hydrogen) atoms. The first-order chi connectivity index (χ1) is 10.3. The molecule has 0 N–H and O–H groups in total. The highest BCUT2D eigenvalue weighted by atomic mass is 19.1. The van der Waals surface area contributed by atoms with E-state index in [9.17, 15) is 8.78 Å². The molecule has 4 heteroatoms. The average Bonchev–Trinajstić information content (AvgIpc) is 2.52. The van der Waals surface area contributed by atoms with Gasteiger partial charge in [0.05, 0.1) is 6.04 Å². The van der Waals surface area contributed by atoms with Gasteiger partial charge in [0, 0.05) is 37.3 Å². The molecular formula is C17H17F2N2. The Labute approximate surface area is 123 Å². The molecule has 109 valence electrons. The zero-order chi connectivity index (χ0) is 14.7. The van der Waals surface area contributed by atoms with Crippen LogP contribution in [0.15, 0.2) is 48.5 Å². The Bertz CT molecular complexity index is 564. The van der Waals surface area contributed by atoms with E-state index < -0.39 is 6.04 Å². The van der Waals surface area contributed by atoms with Crippen LogP contribution in [0.25, 0.3) is 0 Å². The summed E-state index contributed by atoms with van der Waals surface area (Å²) in [4.78, 5) is 2.10. The standard InChI is InChI=1S/C17H17F2N2/c18-15-7-3-1-5-13(15)17(21-11-9-20-10-12-21)14-6-2-4-8-16(14)19/h1-8,17H,9-12H2. The first-order valence-corrected chi connectivity index (χ1v) is 7.13. The Morgan fingerprint density at radius 3 is 1.76 bits per heavy atom. The predicted molar refractivity (Wildman–Crippen MR) is 78.1 cm³/mol. The molecule has 2 aromatic carbocycles.